The Morgan fingerprint density at radius 2 is 2.05 bits per heavy atom. The summed E-state index contributed by atoms with van der Waals surface area (Å²) < 4.78 is 23.7. The second kappa shape index (κ2) is 4.92. The lowest BCUT2D eigenvalue weighted by Gasteiger charge is -2.38. The predicted molar refractivity (Wildman–Crippen MR) is 80.8 cm³/mol. The van der Waals surface area contributed by atoms with E-state index in [4.69, 9.17) is 11.5 Å². The molecule has 1 aromatic heterocycles. The fourth-order valence-corrected chi connectivity index (χ4v) is 4.77. The van der Waals surface area contributed by atoms with Crippen LogP contribution in [0.15, 0.2) is 4.90 Å². The van der Waals surface area contributed by atoms with Crippen LogP contribution < -0.4 is 16.8 Å². The maximum atomic E-state index is 11.9. The number of thiophene rings is 1. The lowest BCUT2D eigenvalue weighted by atomic mass is 9.70. The summed E-state index contributed by atoms with van der Waals surface area (Å²) >= 11 is 1.01. The zero-order valence-corrected chi connectivity index (χ0v) is 13.2. The van der Waals surface area contributed by atoms with Crippen LogP contribution in [0.1, 0.15) is 35.9 Å². The SMILES string of the molecule is CC1(CNc2sc(C(N)=O)c(N)c2S(C)(=O)=O)CCC1. The van der Waals surface area contributed by atoms with Crippen molar-refractivity contribution in [2.45, 2.75) is 31.1 Å². The number of nitrogen functional groups attached to an aromatic ring is 1. The fraction of sp³-hybridized carbons (Fsp3) is 0.583. The largest absolute Gasteiger partial charge is 0.396 e. The summed E-state index contributed by atoms with van der Waals surface area (Å²) in [6, 6.07) is 0. The van der Waals surface area contributed by atoms with Gasteiger partial charge in [0.05, 0.1) is 5.69 Å². The molecular formula is C12H19N3O3S2. The average Bonchev–Trinajstić information content (AvgIpc) is 2.60. The van der Waals surface area contributed by atoms with E-state index in [1.54, 1.807) is 0 Å². The summed E-state index contributed by atoms with van der Waals surface area (Å²) in [5, 5.41) is 3.54. The van der Waals surface area contributed by atoms with Gasteiger partial charge in [-0.1, -0.05) is 13.3 Å². The highest BCUT2D eigenvalue weighted by atomic mass is 32.2. The molecular weight excluding hydrogens is 298 g/mol. The van der Waals surface area contributed by atoms with E-state index in [0.29, 0.717) is 11.5 Å². The smallest absolute Gasteiger partial charge is 0.261 e. The van der Waals surface area contributed by atoms with Crippen LogP contribution in [-0.2, 0) is 9.84 Å². The van der Waals surface area contributed by atoms with Gasteiger partial charge in [0.1, 0.15) is 14.8 Å². The number of amides is 1. The zero-order valence-electron chi connectivity index (χ0n) is 11.5. The van der Waals surface area contributed by atoms with Crippen molar-refractivity contribution in [1.82, 2.24) is 0 Å². The van der Waals surface area contributed by atoms with Gasteiger partial charge in [0, 0.05) is 12.8 Å². The minimum atomic E-state index is -3.52. The molecule has 6 nitrogen and oxygen atoms in total. The van der Waals surface area contributed by atoms with Crippen molar-refractivity contribution >= 4 is 37.8 Å². The fourth-order valence-electron chi connectivity index (χ4n) is 2.35. The van der Waals surface area contributed by atoms with E-state index in [9.17, 15) is 13.2 Å². The number of rotatable bonds is 5. The van der Waals surface area contributed by atoms with Gasteiger partial charge in [0.25, 0.3) is 5.91 Å². The van der Waals surface area contributed by atoms with E-state index in [0.717, 1.165) is 30.4 Å². The number of carbonyl (C=O) groups is 1. The molecule has 2 rings (SSSR count). The Bertz CT molecular complexity index is 645. The molecule has 5 N–H and O–H groups in total. The van der Waals surface area contributed by atoms with Gasteiger partial charge in [-0.25, -0.2) is 8.42 Å². The van der Waals surface area contributed by atoms with Crippen LogP contribution >= 0.6 is 11.3 Å². The molecule has 1 aliphatic carbocycles. The first-order valence-electron chi connectivity index (χ1n) is 6.30. The molecule has 0 aliphatic heterocycles. The number of primary amides is 1. The maximum absolute atomic E-state index is 11.9. The van der Waals surface area contributed by atoms with Crippen molar-refractivity contribution < 1.29 is 13.2 Å². The highest BCUT2D eigenvalue weighted by molar-refractivity contribution is 7.91. The van der Waals surface area contributed by atoms with Crippen LogP contribution in [0.2, 0.25) is 0 Å². The Labute approximate surface area is 122 Å². The standard InChI is InChI=1S/C12H19N3O3S2/c1-12(4-3-5-12)6-15-11-9(20(2,17)18)7(13)8(19-11)10(14)16/h15H,3-6,13H2,1-2H3,(H2,14,16). The summed E-state index contributed by atoms with van der Waals surface area (Å²) in [4.78, 5) is 11.4. The van der Waals surface area contributed by atoms with Gasteiger partial charge in [0.15, 0.2) is 9.84 Å². The number of sulfone groups is 1. The summed E-state index contributed by atoms with van der Waals surface area (Å²) in [5.74, 6) is -0.708. The molecule has 112 valence electrons. The quantitative estimate of drug-likeness (QED) is 0.760. The third-order valence-electron chi connectivity index (χ3n) is 3.73. The van der Waals surface area contributed by atoms with Gasteiger partial charge in [-0.2, -0.15) is 0 Å². The number of hydrogen-bond donors (Lipinski definition) is 3. The van der Waals surface area contributed by atoms with Gasteiger partial charge in [-0.15, -0.1) is 11.3 Å². The molecule has 0 radical (unpaired) electrons. The monoisotopic (exact) mass is 317 g/mol. The highest BCUT2D eigenvalue weighted by Gasteiger charge is 2.33. The van der Waals surface area contributed by atoms with Gasteiger partial charge in [0.2, 0.25) is 0 Å². The Morgan fingerprint density at radius 3 is 2.45 bits per heavy atom. The third-order valence-corrected chi connectivity index (χ3v) is 6.20. The van der Waals surface area contributed by atoms with Crippen LogP contribution in [-0.4, -0.2) is 27.1 Å². The minimum absolute atomic E-state index is 0.0146. The van der Waals surface area contributed by atoms with Gasteiger partial charge < -0.3 is 16.8 Å². The van der Waals surface area contributed by atoms with Crippen molar-refractivity contribution in [3.8, 4) is 0 Å². The Balaban J connectivity index is 2.36. The van der Waals surface area contributed by atoms with E-state index in [1.807, 2.05) is 0 Å². The molecule has 8 heteroatoms. The number of anilines is 2. The van der Waals surface area contributed by atoms with Crippen LogP contribution in [0.25, 0.3) is 0 Å². The van der Waals surface area contributed by atoms with Crippen molar-refractivity contribution in [3.05, 3.63) is 4.88 Å². The molecule has 1 saturated carbocycles. The first-order valence-corrected chi connectivity index (χ1v) is 9.01. The molecule has 1 heterocycles. The first kappa shape index (κ1) is 15.1. The summed E-state index contributed by atoms with van der Waals surface area (Å²) in [6.45, 7) is 2.81. The molecule has 0 spiro atoms. The Hall–Kier alpha value is -1.28. The van der Waals surface area contributed by atoms with Crippen LogP contribution in [0.4, 0.5) is 10.7 Å². The lowest BCUT2D eigenvalue weighted by Crippen LogP contribution is -2.33. The van der Waals surface area contributed by atoms with Crippen molar-refractivity contribution in [3.63, 3.8) is 0 Å². The van der Waals surface area contributed by atoms with E-state index in [-0.39, 0.29) is 20.9 Å². The summed E-state index contributed by atoms with van der Waals surface area (Å²) in [5.41, 5.74) is 11.1. The molecule has 0 bridgehead atoms. The minimum Gasteiger partial charge on any atom is -0.396 e. The number of hydrogen-bond acceptors (Lipinski definition) is 6. The molecule has 1 amide bonds. The summed E-state index contributed by atoms with van der Waals surface area (Å²) in [6.07, 6.45) is 4.48. The molecule has 1 fully saturated rings. The molecule has 0 atom stereocenters. The number of nitrogens with one attached hydrogen (secondary N) is 1. The topological polar surface area (TPSA) is 115 Å². The highest BCUT2D eigenvalue weighted by Crippen LogP contribution is 2.43. The van der Waals surface area contributed by atoms with Gasteiger partial charge in [-0.05, 0) is 18.3 Å². The van der Waals surface area contributed by atoms with E-state index in [2.05, 4.69) is 12.2 Å². The normalized spacial score (nSPS) is 17.5. The Kier molecular flexibility index (Phi) is 3.72. The van der Waals surface area contributed by atoms with E-state index in [1.165, 1.54) is 6.42 Å². The molecule has 0 unspecified atom stereocenters. The second-order valence-corrected chi connectivity index (χ2v) is 8.63. The Morgan fingerprint density at radius 1 is 1.45 bits per heavy atom. The van der Waals surface area contributed by atoms with Gasteiger partial charge in [-0.3, -0.25) is 4.79 Å². The lowest BCUT2D eigenvalue weighted by molar-refractivity contribution is 0.100. The number of carbonyl (C=O) groups excluding carboxylic acids is 1. The maximum Gasteiger partial charge on any atom is 0.261 e. The average molecular weight is 317 g/mol. The van der Waals surface area contributed by atoms with E-state index < -0.39 is 15.7 Å². The second-order valence-electron chi connectivity index (χ2n) is 5.66. The van der Waals surface area contributed by atoms with Crippen LogP contribution in [0.5, 0.6) is 0 Å². The van der Waals surface area contributed by atoms with Crippen molar-refractivity contribution in [2.75, 3.05) is 23.9 Å². The van der Waals surface area contributed by atoms with Crippen LogP contribution in [0.3, 0.4) is 0 Å². The molecule has 1 aromatic rings. The molecule has 20 heavy (non-hydrogen) atoms. The van der Waals surface area contributed by atoms with Crippen molar-refractivity contribution in [1.29, 1.82) is 0 Å². The zero-order chi connectivity index (χ0) is 15.1. The van der Waals surface area contributed by atoms with E-state index >= 15 is 0 Å². The number of nitrogens with two attached hydrogens (primary N) is 2. The molecule has 0 saturated heterocycles. The van der Waals surface area contributed by atoms with Crippen LogP contribution in [0, 0.1) is 5.41 Å². The van der Waals surface area contributed by atoms with Crippen molar-refractivity contribution in [2.24, 2.45) is 11.1 Å². The molecule has 1 aliphatic rings. The predicted octanol–water partition coefficient (Wildman–Crippen LogP) is 1.43. The third kappa shape index (κ3) is 2.76. The first-order chi connectivity index (χ1) is 9.14. The van der Waals surface area contributed by atoms with Gasteiger partial charge >= 0.3 is 0 Å². The summed E-state index contributed by atoms with van der Waals surface area (Å²) in [7, 11) is -3.52. The molecule has 0 aromatic carbocycles.